The van der Waals surface area contributed by atoms with Crippen LogP contribution in [0.3, 0.4) is 0 Å². The van der Waals surface area contributed by atoms with E-state index in [2.05, 4.69) is 13.8 Å². The van der Waals surface area contributed by atoms with Crippen LogP contribution in [0, 0.1) is 0 Å². The fourth-order valence-corrected chi connectivity index (χ4v) is 4.94. The minimum atomic E-state index is -0.0316. The number of aliphatic hydroxyl groups excluding tert-OH is 1. The van der Waals surface area contributed by atoms with Crippen molar-refractivity contribution in [2.75, 3.05) is 0 Å². The van der Waals surface area contributed by atoms with Gasteiger partial charge in [-0.05, 0) is 12.8 Å². The van der Waals surface area contributed by atoms with E-state index in [0.29, 0.717) is 0 Å². The van der Waals surface area contributed by atoms with Crippen LogP contribution < -0.4 is 0 Å². The zero-order chi connectivity index (χ0) is 23.4. The summed E-state index contributed by atoms with van der Waals surface area (Å²) in [4.78, 5) is 0. The standard InChI is InChI=1S/C31H64O/c1-3-5-7-9-11-13-14-15-16-17-18-19-20-22-24-26-28-30-31(32)29-27-25-23-21-12-10-8-6-4-2/h31-32H,3-30H2,1-2H3. The Kier molecular flexibility index (Phi) is 29.0. The molecule has 1 unspecified atom stereocenters. The molecule has 194 valence electrons. The predicted molar refractivity (Wildman–Crippen MR) is 147 cm³/mol. The molecule has 0 bridgehead atoms. The van der Waals surface area contributed by atoms with Crippen molar-refractivity contribution in [3.8, 4) is 0 Å². The molecule has 1 atom stereocenters. The van der Waals surface area contributed by atoms with Gasteiger partial charge in [-0.3, -0.25) is 0 Å². The number of rotatable bonds is 28. The van der Waals surface area contributed by atoms with Crippen LogP contribution in [0.4, 0.5) is 0 Å². The van der Waals surface area contributed by atoms with Gasteiger partial charge >= 0.3 is 0 Å². The fraction of sp³-hybridized carbons (Fsp3) is 1.00. The fourth-order valence-electron chi connectivity index (χ4n) is 4.94. The van der Waals surface area contributed by atoms with Crippen LogP contribution in [0.1, 0.15) is 194 Å². The molecule has 1 nitrogen and oxygen atoms in total. The van der Waals surface area contributed by atoms with Crippen LogP contribution in [0.5, 0.6) is 0 Å². The van der Waals surface area contributed by atoms with Crippen molar-refractivity contribution in [2.24, 2.45) is 0 Å². The molecule has 0 aromatic rings. The molecule has 0 amide bonds. The van der Waals surface area contributed by atoms with E-state index in [1.807, 2.05) is 0 Å². The van der Waals surface area contributed by atoms with Crippen molar-refractivity contribution < 1.29 is 5.11 Å². The lowest BCUT2D eigenvalue weighted by Crippen LogP contribution is -2.05. The van der Waals surface area contributed by atoms with Crippen molar-refractivity contribution in [3.05, 3.63) is 0 Å². The molecule has 32 heavy (non-hydrogen) atoms. The molecule has 0 aliphatic rings. The molecule has 0 aliphatic heterocycles. The van der Waals surface area contributed by atoms with E-state index < -0.39 is 0 Å². The van der Waals surface area contributed by atoms with Crippen LogP contribution >= 0.6 is 0 Å². The second kappa shape index (κ2) is 29.0. The summed E-state index contributed by atoms with van der Waals surface area (Å²) >= 11 is 0. The number of hydrogen-bond acceptors (Lipinski definition) is 1. The average Bonchev–Trinajstić information content (AvgIpc) is 2.80. The van der Waals surface area contributed by atoms with Crippen LogP contribution in [-0.4, -0.2) is 11.2 Å². The molecule has 0 aliphatic carbocycles. The molecule has 0 saturated heterocycles. The second-order valence-corrected chi connectivity index (χ2v) is 10.7. The zero-order valence-electron chi connectivity index (χ0n) is 22.8. The lowest BCUT2D eigenvalue weighted by Gasteiger charge is -2.10. The Hall–Kier alpha value is -0.0400. The lowest BCUT2D eigenvalue weighted by atomic mass is 10.0. The first-order valence-electron chi connectivity index (χ1n) is 15.5. The molecular formula is C31H64O. The van der Waals surface area contributed by atoms with Gasteiger partial charge in [-0.25, -0.2) is 0 Å². The second-order valence-electron chi connectivity index (χ2n) is 10.7. The van der Waals surface area contributed by atoms with Crippen LogP contribution in [0.2, 0.25) is 0 Å². The van der Waals surface area contributed by atoms with Gasteiger partial charge in [-0.15, -0.1) is 0 Å². The van der Waals surface area contributed by atoms with Crippen molar-refractivity contribution in [3.63, 3.8) is 0 Å². The Morgan fingerprint density at radius 2 is 0.500 bits per heavy atom. The maximum atomic E-state index is 10.2. The van der Waals surface area contributed by atoms with Gasteiger partial charge in [-0.2, -0.15) is 0 Å². The molecule has 0 aromatic heterocycles. The van der Waals surface area contributed by atoms with E-state index in [4.69, 9.17) is 0 Å². The molecule has 0 saturated carbocycles. The first-order chi connectivity index (χ1) is 15.8. The van der Waals surface area contributed by atoms with Gasteiger partial charge in [0.1, 0.15) is 0 Å². The molecule has 0 aromatic carbocycles. The summed E-state index contributed by atoms with van der Waals surface area (Å²) in [7, 11) is 0. The highest BCUT2D eigenvalue weighted by Crippen LogP contribution is 2.16. The number of aliphatic hydroxyl groups is 1. The minimum Gasteiger partial charge on any atom is -0.393 e. The summed E-state index contributed by atoms with van der Waals surface area (Å²) < 4.78 is 0. The molecule has 0 spiro atoms. The summed E-state index contributed by atoms with van der Waals surface area (Å²) in [6, 6.07) is 0. The Bertz CT molecular complexity index is 314. The molecular weight excluding hydrogens is 388 g/mol. The molecule has 0 fully saturated rings. The smallest absolute Gasteiger partial charge is 0.0540 e. The van der Waals surface area contributed by atoms with Gasteiger partial charge in [0, 0.05) is 0 Å². The van der Waals surface area contributed by atoms with Gasteiger partial charge in [-0.1, -0.05) is 181 Å². The number of hydrogen-bond donors (Lipinski definition) is 1. The van der Waals surface area contributed by atoms with E-state index in [1.165, 1.54) is 167 Å². The third kappa shape index (κ3) is 28.0. The number of unbranched alkanes of at least 4 members (excludes halogenated alkanes) is 24. The minimum absolute atomic E-state index is 0.0316. The van der Waals surface area contributed by atoms with Crippen molar-refractivity contribution >= 4 is 0 Å². The Balaban J connectivity index is 3.11. The summed E-state index contributed by atoms with van der Waals surface area (Å²) in [5.41, 5.74) is 0. The van der Waals surface area contributed by atoms with Gasteiger partial charge in [0.15, 0.2) is 0 Å². The van der Waals surface area contributed by atoms with E-state index >= 15 is 0 Å². The summed E-state index contributed by atoms with van der Waals surface area (Å²) in [6.07, 6.45) is 38.6. The van der Waals surface area contributed by atoms with E-state index in [-0.39, 0.29) is 6.10 Å². The largest absolute Gasteiger partial charge is 0.393 e. The molecule has 0 rings (SSSR count). The van der Waals surface area contributed by atoms with E-state index in [1.54, 1.807) is 0 Å². The van der Waals surface area contributed by atoms with Crippen molar-refractivity contribution in [2.45, 2.75) is 200 Å². The highest BCUT2D eigenvalue weighted by atomic mass is 16.3. The zero-order valence-corrected chi connectivity index (χ0v) is 22.8. The van der Waals surface area contributed by atoms with Crippen molar-refractivity contribution in [1.29, 1.82) is 0 Å². The third-order valence-electron chi connectivity index (χ3n) is 7.28. The van der Waals surface area contributed by atoms with Gasteiger partial charge in [0.2, 0.25) is 0 Å². The first-order valence-corrected chi connectivity index (χ1v) is 15.5. The van der Waals surface area contributed by atoms with Crippen LogP contribution in [-0.2, 0) is 0 Å². The van der Waals surface area contributed by atoms with Crippen LogP contribution in [0.15, 0.2) is 0 Å². The molecule has 1 N–H and O–H groups in total. The van der Waals surface area contributed by atoms with Crippen LogP contribution in [0.25, 0.3) is 0 Å². The van der Waals surface area contributed by atoms with E-state index in [0.717, 1.165) is 12.8 Å². The maximum absolute atomic E-state index is 10.2. The molecule has 1 heteroatoms. The summed E-state index contributed by atoms with van der Waals surface area (Å²) in [5.74, 6) is 0. The molecule has 0 radical (unpaired) electrons. The predicted octanol–water partition coefficient (Wildman–Crippen LogP) is 11.3. The lowest BCUT2D eigenvalue weighted by molar-refractivity contribution is 0.147. The SMILES string of the molecule is CCCCCCCCCCCCCCCCCCCC(O)CCCCCCCCCCC. The van der Waals surface area contributed by atoms with Crippen molar-refractivity contribution in [1.82, 2.24) is 0 Å². The Morgan fingerprint density at radius 3 is 0.719 bits per heavy atom. The summed E-state index contributed by atoms with van der Waals surface area (Å²) in [5, 5.41) is 10.2. The summed E-state index contributed by atoms with van der Waals surface area (Å²) in [6.45, 7) is 4.58. The van der Waals surface area contributed by atoms with E-state index in [9.17, 15) is 5.11 Å². The first kappa shape index (κ1) is 32.0. The third-order valence-corrected chi connectivity index (χ3v) is 7.28. The van der Waals surface area contributed by atoms with Gasteiger partial charge in [0.05, 0.1) is 6.10 Å². The average molecular weight is 453 g/mol. The van der Waals surface area contributed by atoms with Gasteiger partial charge < -0.3 is 5.11 Å². The topological polar surface area (TPSA) is 20.2 Å². The highest BCUT2D eigenvalue weighted by Gasteiger charge is 2.04. The Labute approximate surface area is 204 Å². The Morgan fingerprint density at radius 1 is 0.312 bits per heavy atom. The normalized spacial score (nSPS) is 12.5. The highest BCUT2D eigenvalue weighted by molar-refractivity contribution is 4.58. The monoisotopic (exact) mass is 452 g/mol. The quantitative estimate of drug-likeness (QED) is 0.117. The maximum Gasteiger partial charge on any atom is 0.0540 e. The molecule has 0 heterocycles. The van der Waals surface area contributed by atoms with Gasteiger partial charge in [0.25, 0.3) is 0 Å².